The highest BCUT2D eigenvalue weighted by molar-refractivity contribution is 6.30. The van der Waals surface area contributed by atoms with Crippen LogP contribution < -0.4 is 4.74 Å². The second kappa shape index (κ2) is 5.80. The van der Waals surface area contributed by atoms with Gasteiger partial charge in [-0.3, -0.25) is 4.79 Å². The minimum absolute atomic E-state index is 0.0109. The fourth-order valence-electron chi connectivity index (χ4n) is 1.46. The second-order valence-electron chi connectivity index (χ2n) is 3.83. The molecule has 0 unspecified atom stereocenters. The van der Waals surface area contributed by atoms with E-state index in [0.29, 0.717) is 23.6 Å². The van der Waals surface area contributed by atoms with Crippen LogP contribution in [0.2, 0.25) is 5.02 Å². The Balaban J connectivity index is 2.15. The van der Waals surface area contributed by atoms with Crippen LogP contribution in [0.3, 0.4) is 0 Å². The fourth-order valence-corrected chi connectivity index (χ4v) is 1.63. The molecule has 0 fully saturated rings. The van der Waals surface area contributed by atoms with Crippen LogP contribution in [0.25, 0.3) is 0 Å². The van der Waals surface area contributed by atoms with Gasteiger partial charge in [0.2, 0.25) is 0 Å². The van der Waals surface area contributed by atoms with E-state index in [2.05, 4.69) is 4.98 Å². The number of aromatic nitrogens is 1. The normalized spacial score (nSPS) is 10.3. The summed E-state index contributed by atoms with van der Waals surface area (Å²) in [6, 6.07) is 7.29. The number of hydrogen-bond donors (Lipinski definition) is 0. The first-order valence-electron chi connectivity index (χ1n) is 5.72. The molecular formula is C14H11ClFNO2. The Labute approximate surface area is 115 Å². The van der Waals surface area contributed by atoms with Gasteiger partial charge in [-0.1, -0.05) is 18.5 Å². The van der Waals surface area contributed by atoms with Gasteiger partial charge < -0.3 is 4.74 Å². The van der Waals surface area contributed by atoms with E-state index in [0.717, 1.165) is 0 Å². The van der Waals surface area contributed by atoms with E-state index < -0.39 is 5.82 Å². The molecule has 2 rings (SSSR count). The molecule has 3 nitrogen and oxygen atoms in total. The Bertz CT molecular complexity index is 599. The van der Waals surface area contributed by atoms with Crippen LogP contribution in [0.4, 0.5) is 4.39 Å². The molecule has 0 spiro atoms. The topological polar surface area (TPSA) is 39.2 Å². The number of carbonyl (C=O) groups is 1. The van der Waals surface area contributed by atoms with Crippen LogP contribution >= 0.6 is 11.6 Å². The first kappa shape index (κ1) is 13.5. The molecule has 1 aromatic heterocycles. The Kier molecular flexibility index (Phi) is 4.12. The van der Waals surface area contributed by atoms with E-state index in [1.54, 1.807) is 19.1 Å². The number of benzene rings is 1. The maximum atomic E-state index is 13.0. The van der Waals surface area contributed by atoms with Gasteiger partial charge in [0, 0.05) is 12.5 Å². The van der Waals surface area contributed by atoms with Crippen molar-refractivity contribution in [1.82, 2.24) is 4.98 Å². The molecule has 2 aromatic rings. The minimum Gasteiger partial charge on any atom is -0.456 e. The van der Waals surface area contributed by atoms with Gasteiger partial charge in [0.25, 0.3) is 0 Å². The lowest BCUT2D eigenvalue weighted by Gasteiger charge is -2.06. The summed E-state index contributed by atoms with van der Waals surface area (Å²) in [7, 11) is 0. The highest BCUT2D eigenvalue weighted by Crippen LogP contribution is 2.25. The van der Waals surface area contributed by atoms with Crippen molar-refractivity contribution < 1.29 is 13.9 Å². The maximum Gasteiger partial charge on any atom is 0.180 e. The van der Waals surface area contributed by atoms with E-state index in [1.807, 2.05) is 0 Å². The lowest BCUT2D eigenvalue weighted by molar-refractivity contribution is 0.0983. The highest BCUT2D eigenvalue weighted by Gasteiger charge is 2.06. The molecule has 0 N–H and O–H groups in total. The van der Waals surface area contributed by atoms with Gasteiger partial charge in [-0.2, -0.15) is 0 Å². The summed E-state index contributed by atoms with van der Waals surface area (Å²) >= 11 is 5.65. The smallest absolute Gasteiger partial charge is 0.180 e. The summed E-state index contributed by atoms with van der Waals surface area (Å²) in [6.07, 6.45) is 1.85. The first-order valence-corrected chi connectivity index (χ1v) is 6.10. The lowest BCUT2D eigenvalue weighted by atomic mass is 10.2. The van der Waals surface area contributed by atoms with Crippen molar-refractivity contribution in [1.29, 1.82) is 0 Å². The maximum absolute atomic E-state index is 13.0. The first-order chi connectivity index (χ1) is 9.10. The Hall–Kier alpha value is -1.94. The predicted octanol–water partition coefficient (Wildman–Crippen LogP) is 4.26. The Morgan fingerprint density at radius 3 is 2.63 bits per heavy atom. The van der Waals surface area contributed by atoms with E-state index >= 15 is 0 Å². The molecule has 0 atom stereocenters. The van der Waals surface area contributed by atoms with Crippen molar-refractivity contribution in [3.63, 3.8) is 0 Å². The number of ether oxygens (including phenoxy) is 1. The zero-order chi connectivity index (χ0) is 13.8. The molecule has 98 valence electrons. The fraction of sp³-hybridized carbons (Fsp3) is 0.143. The standard InChI is InChI=1S/C14H11ClFNO2/c1-2-14(18)13-6-4-10(8-17-13)19-9-3-5-12(16)11(15)7-9/h3-8H,2H2,1H3. The van der Waals surface area contributed by atoms with Gasteiger partial charge in [-0.15, -0.1) is 0 Å². The van der Waals surface area contributed by atoms with Gasteiger partial charge in [0.1, 0.15) is 23.0 Å². The summed E-state index contributed by atoms with van der Waals surface area (Å²) in [5.41, 5.74) is 0.395. The van der Waals surface area contributed by atoms with Crippen molar-refractivity contribution >= 4 is 17.4 Å². The number of halogens is 2. The molecule has 1 aromatic carbocycles. The summed E-state index contributed by atoms with van der Waals surface area (Å²) in [5.74, 6) is 0.325. The molecule has 0 aliphatic heterocycles. The number of Topliss-reactive ketones (excluding diaryl/α,β-unsaturated/α-hetero) is 1. The van der Waals surface area contributed by atoms with Crippen molar-refractivity contribution in [2.45, 2.75) is 13.3 Å². The van der Waals surface area contributed by atoms with Gasteiger partial charge in [-0.25, -0.2) is 9.37 Å². The van der Waals surface area contributed by atoms with Crippen LogP contribution in [0.15, 0.2) is 36.5 Å². The summed E-state index contributed by atoms with van der Waals surface area (Å²) in [6.45, 7) is 1.77. The molecular weight excluding hydrogens is 269 g/mol. The molecule has 0 aliphatic rings. The number of rotatable bonds is 4. The van der Waals surface area contributed by atoms with E-state index in [4.69, 9.17) is 16.3 Å². The SMILES string of the molecule is CCC(=O)c1ccc(Oc2ccc(F)c(Cl)c2)cn1. The van der Waals surface area contributed by atoms with Crippen molar-refractivity contribution in [3.8, 4) is 11.5 Å². The Morgan fingerprint density at radius 2 is 2.05 bits per heavy atom. The monoisotopic (exact) mass is 279 g/mol. The summed E-state index contributed by atoms with van der Waals surface area (Å²) in [5, 5.41) is -0.0109. The molecule has 0 saturated carbocycles. The van der Waals surface area contributed by atoms with E-state index in [-0.39, 0.29) is 10.8 Å². The molecule has 0 radical (unpaired) electrons. The van der Waals surface area contributed by atoms with Gasteiger partial charge in [0.15, 0.2) is 5.78 Å². The number of ketones is 1. The van der Waals surface area contributed by atoms with Crippen molar-refractivity contribution in [3.05, 3.63) is 53.1 Å². The van der Waals surface area contributed by atoms with E-state index in [1.165, 1.54) is 24.4 Å². The second-order valence-corrected chi connectivity index (χ2v) is 4.24. The van der Waals surface area contributed by atoms with Crippen molar-refractivity contribution in [2.75, 3.05) is 0 Å². The van der Waals surface area contributed by atoms with Crippen LogP contribution in [0, 0.1) is 5.82 Å². The van der Waals surface area contributed by atoms with Crippen LogP contribution in [0.5, 0.6) is 11.5 Å². The largest absolute Gasteiger partial charge is 0.456 e. The number of carbonyl (C=O) groups excluding carboxylic acids is 1. The average Bonchev–Trinajstić information content (AvgIpc) is 2.43. The molecule has 0 saturated heterocycles. The summed E-state index contributed by atoms with van der Waals surface area (Å²) in [4.78, 5) is 15.4. The number of hydrogen-bond acceptors (Lipinski definition) is 3. The Morgan fingerprint density at radius 1 is 1.32 bits per heavy atom. The molecule has 0 aliphatic carbocycles. The van der Waals surface area contributed by atoms with Crippen LogP contribution in [-0.4, -0.2) is 10.8 Å². The third-order valence-electron chi connectivity index (χ3n) is 2.47. The van der Waals surface area contributed by atoms with Crippen LogP contribution in [-0.2, 0) is 0 Å². The average molecular weight is 280 g/mol. The van der Waals surface area contributed by atoms with Gasteiger partial charge in [0.05, 0.1) is 11.2 Å². The van der Waals surface area contributed by atoms with E-state index in [9.17, 15) is 9.18 Å². The molecule has 0 bridgehead atoms. The molecule has 19 heavy (non-hydrogen) atoms. The zero-order valence-electron chi connectivity index (χ0n) is 10.2. The zero-order valence-corrected chi connectivity index (χ0v) is 10.9. The van der Waals surface area contributed by atoms with Gasteiger partial charge in [-0.05, 0) is 24.3 Å². The predicted molar refractivity (Wildman–Crippen MR) is 70.3 cm³/mol. The lowest BCUT2D eigenvalue weighted by Crippen LogP contribution is -1.99. The highest BCUT2D eigenvalue weighted by atomic mass is 35.5. The summed E-state index contributed by atoms with van der Waals surface area (Å²) < 4.78 is 18.4. The molecule has 1 heterocycles. The minimum atomic E-state index is -0.504. The molecule has 5 heteroatoms. The van der Waals surface area contributed by atoms with Crippen molar-refractivity contribution in [2.24, 2.45) is 0 Å². The quantitative estimate of drug-likeness (QED) is 0.785. The molecule has 0 amide bonds. The third-order valence-corrected chi connectivity index (χ3v) is 2.76. The number of nitrogens with zero attached hydrogens (tertiary/aromatic N) is 1. The van der Waals surface area contributed by atoms with Crippen LogP contribution in [0.1, 0.15) is 23.8 Å². The number of pyridine rings is 1. The van der Waals surface area contributed by atoms with Gasteiger partial charge >= 0.3 is 0 Å². The third kappa shape index (κ3) is 3.29.